The average Bonchev–Trinajstić information content (AvgIpc) is 2.82. The van der Waals surface area contributed by atoms with Crippen LogP contribution in [0.1, 0.15) is 39.0 Å². The number of carbonyl (C=O) groups excluding carboxylic acids is 1. The lowest BCUT2D eigenvalue weighted by Gasteiger charge is -2.15. The van der Waals surface area contributed by atoms with Crippen LogP contribution in [0, 0.1) is 0 Å². The first-order valence-corrected chi connectivity index (χ1v) is 11.7. The molecule has 1 unspecified atom stereocenters. The van der Waals surface area contributed by atoms with Gasteiger partial charge in [-0.1, -0.05) is 75.1 Å². The van der Waals surface area contributed by atoms with Crippen molar-refractivity contribution in [2.24, 2.45) is 0 Å². The normalized spacial score (nSPS) is 11.7. The first-order chi connectivity index (χ1) is 15.2. The second kappa shape index (κ2) is 12.2. The van der Waals surface area contributed by atoms with Gasteiger partial charge in [0.1, 0.15) is 0 Å². The molecule has 3 rings (SSSR count). The molecule has 0 radical (unpaired) electrons. The summed E-state index contributed by atoms with van der Waals surface area (Å²) in [5.74, 6) is -0.331. The summed E-state index contributed by atoms with van der Waals surface area (Å²) in [7, 11) is 0. The van der Waals surface area contributed by atoms with E-state index in [2.05, 4.69) is 48.6 Å². The largest absolute Gasteiger partial charge is 0.356 e. The maximum Gasteiger partial charge on any atom is 0.256 e. The van der Waals surface area contributed by atoms with Gasteiger partial charge >= 0.3 is 0 Å². The molecule has 162 valence electrons. The summed E-state index contributed by atoms with van der Waals surface area (Å²) in [5.41, 5.74) is 6.21. The van der Waals surface area contributed by atoms with Crippen molar-refractivity contribution in [3.63, 3.8) is 0 Å². The number of hydrogen-bond acceptors (Lipinski definition) is 4. The Bertz CT molecular complexity index is 928. The fourth-order valence-electron chi connectivity index (χ4n) is 3.40. The number of amides is 1. The fraction of sp³-hybridized carbons (Fsp3) is 0.269. The van der Waals surface area contributed by atoms with Gasteiger partial charge in [-0.05, 0) is 53.9 Å². The van der Waals surface area contributed by atoms with E-state index in [1.54, 1.807) is 0 Å². The molecule has 0 aliphatic heterocycles. The van der Waals surface area contributed by atoms with Gasteiger partial charge in [-0.25, -0.2) is 5.48 Å². The molecular formula is C26H30N2O2S. The van der Waals surface area contributed by atoms with Crippen molar-refractivity contribution >= 4 is 29.0 Å². The molecule has 1 atom stereocenters. The first-order valence-electron chi connectivity index (χ1n) is 10.8. The second-order valence-corrected chi connectivity index (χ2v) is 8.80. The van der Waals surface area contributed by atoms with Crippen LogP contribution in [0.15, 0.2) is 83.8 Å². The van der Waals surface area contributed by atoms with Crippen LogP contribution in [0.4, 0.5) is 11.4 Å². The highest BCUT2D eigenvalue weighted by Gasteiger charge is 2.19. The number of carbonyl (C=O) groups is 1. The third-order valence-corrected chi connectivity index (χ3v) is 6.41. The van der Waals surface area contributed by atoms with E-state index in [0.29, 0.717) is 0 Å². The highest BCUT2D eigenvalue weighted by molar-refractivity contribution is 8.00. The van der Waals surface area contributed by atoms with Crippen molar-refractivity contribution < 1.29 is 10.0 Å². The maximum absolute atomic E-state index is 12.0. The lowest BCUT2D eigenvalue weighted by atomic mass is 10.1. The molecule has 0 bridgehead atoms. The van der Waals surface area contributed by atoms with Gasteiger partial charge in [-0.2, -0.15) is 0 Å². The van der Waals surface area contributed by atoms with Crippen LogP contribution in [-0.2, 0) is 4.79 Å². The Morgan fingerprint density at radius 2 is 1.45 bits per heavy atom. The molecule has 0 fully saturated rings. The molecule has 4 nitrogen and oxygen atoms in total. The number of nitrogens with one attached hydrogen (secondary N) is 2. The Hall–Kier alpha value is -2.76. The quantitative estimate of drug-likeness (QED) is 0.131. The van der Waals surface area contributed by atoms with E-state index in [4.69, 9.17) is 5.21 Å². The second-order valence-electron chi connectivity index (χ2n) is 7.52. The molecule has 5 heteroatoms. The van der Waals surface area contributed by atoms with Crippen LogP contribution in [0.5, 0.6) is 0 Å². The van der Waals surface area contributed by atoms with Crippen molar-refractivity contribution in [1.29, 1.82) is 0 Å². The van der Waals surface area contributed by atoms with Crippen LogP contribution in [0.25, 0.3) is 11.1 Å². The van der Waals surface area contributed by atoms with Gasteiger partial charge in [-0.3, -0.25) is 10.0 Å². The van der Waals surface area contributed by atoms with Gasteiger partial charge in [0.15, 0.2) is 0 Å². The highest BCUT2D eigenvalue weighted by atomic mass is 32.2. The van der Waals surface area contributed by atoms with Crippen molar-refractivity contribution in [3.05, 3.63) is 78.9 Å². The van der Waals surface area contributed by atoms with Gasteiger partial charge < -0.3 is 5.32 Å². The molecule has 0 aliphatic carbocycles. The molecule has 1 amide bonds. The number of anilines is 2. The van der Waals surface area contributed by atoms with Gasteiger partial charge in [-0.15, -0.1) is 11.8 Å². The Kier molecular flexibility index (Phi) is 9.00. The van der Waals surface area contributed by atoms with Crippen LogP contribution < -0.4 is 10.8 Å². The Labute approximate surface area is 189 Å². The number of benzene rings is 3. The highest BCUT2D eigenvalue weighted by Crippen LogP contribution is 2.29. The maximum atomic E-state index is 12.0. The Morgan fingerprint density at radius 1 is 0.839 bits per heavy atom. The van der Waals surface area contributed by atoms with E-state index in [-0.39, 0.29) is 11.2 Å². The number of thioether (sulfide) groups is 1. The molecule has 0 aliphatic rings. The van der Waals surface area contributed by atoms with Crippen molar-refractivity contribution in [2.45, 2.75) is 49.2 Å². The summed E-state index contributed by atoms with van der Waals surface area (Å²) >= 11 is 1.49. The van der Waals surface area contributed by atoms with E-state index in [1.807, 2.05) is 47.9 Å². The van der Waals surface area contributed by atoms with Gasteiger partial charge in [0.05, 0.1) is 5.25 Å². The van der Waals surface area contributed by atoms with E-state index < -0.39 is 0 Å². The molecule has 0 aromatic heterocycles. The van der Waals surface area contributed by atoms with Crippen molar-refractivity contribution in [3.8, 4) is 11.1 Å². The topological polar surface area (TPSA) is 61.4 Å². The number of hydrogen-bond donors (Lipinski definition) is 3. The van der Waals surface area contributed by atoms with Crippen LogP contribution in [0.3, 0.4) is 0 Å². The Morgan fingerprint density at radius 3 is 2.06 bits per heavy atom. The van der Waals surface area contributed by atoms with Gasteiger partial charge in [0.2, 0.25) is 0 Å². The van der Waals surface area contributed by atoms with E-state index in [9.17, 15) is 4.79 Å². The van der Waals surface area contributed by atoms with E-state index >= 15 is 0 Å². The SMILES string of the molecule is CCCCCCC(Sc1ccc(Nc2ccc(-c3ccccc3)cc2)cc1)C(=O)NO. The zero-order chi connectivity index (χ0) is 21.9. The zero-order valence-corrected chi connectivity index (χ0v) is 18.7. The fourth-order valence-corrected chi connectivity index (χ4v) is 4.46. The molecule has 0 heterocycles. The third kappa shape index (κ3) is 7.16. The molecule has 3 N–H and O–H groups in total. The monoisotopic (exact) mass is 434 g/mol. The van der Waals surface area contributed by atoms with E-state index in [0.717, 1.165) is 42.0 Å². The molecule has 0 spiro atoms. The van der Waals surface area contributed by atoms with E-state index in [1.165, 1.54) is 29.3 Å². The molecule has 0 saturated carbocycles. The predicted molar refractivity (Wildman–Crippen MR) is 130 cm³/mol. The van der Waals surface area contributed by atoms with Gasteiger partial charge in [0.25, 0.3) is 5.91 Å². The Balaban J connectivity index is 1.58. The van der Waals surface area contributed by atoms with Crippen molar-refractivity contribution in [1.82, 2.24) is 5.48 Å². The number of hydroxylamine groups is 1. The van der Waals surface area contributed by atoms with Crippen LogP contribution in [0.2, 0.25) is 0 Å². The minimum Gasteiger partial charge on any atom is -0.356 e. The lowest BCUT2D eigenvalue weighted by Crippen LogP contribution is -2.30. The summed E-state index contributed by atoms with van der Waals surface area (Å²) in [5, 5.41) is 12.2. The standard InChI is InChI=1S/C26H30N2O2S/c1-2-3-4-8-11-25(26(29)28-30)31-24-18-16-23(17-19-24)27-22-14-12-21(13-15-22)20-9-6-5-7-10-20/h5-7,9-10,12-19,25,27,30H,2-4,8,11H2,1H3,(H,28,29). The number of rotatable bonds is 11. The summed E-state index contributed by atoms with van der Waals surface area (Å²) in [6, 6.07) is 26.7. The summed E-state index contributed by atoms with van der Waals surface area (Å²) < 4.78 is 0. The smallest absolute Gasteiger partial charge is 0.256 e. The van der Waals surface area contributed by atoms with Crippen molar-refractivity contribution in [2.75, 3.05) is 5.32 Å². The minimum atomic E-state index is -0.331. The minimum absolute atomic E-state index is 0.286. The molecule has 3 aromatic rings. The summed E-state index contributed by atoms with van der Waals surface area (Å²) in [4.78, 5) is 13.0. The predicted octanol–water partition coefficient (Wildman–Crippen LogP) is 7.03. The third-order valence-electron chi connectivity index (χ3n) is 5.14. The van der Waals surface area contributed by atoms with Crippen LogP contribution >= 0.6 is 11.8 Å². The molecule has 3 aromatic carbocycles. The first kappa shape index (κ1) is 22.9. The average molecular weight is 435 g/mol. The number of unbranched alkanes of at least 4 members (excludes halogenated alkanes) is 3. The summed E-state index contributed by atoms with van der Waals surface area (Å²) in [6.45, 7) is 2.17. The molecular weight excluding hydrogens is 404 g/mol. The zero-order valence-electron chi connectivity index (χ0n) is 17.9. The molecule has 0 saturated heterocycles. The van der Waals surface area contributed by atoms with Gasteiger partial charge in [0, 0.05) is 16.3 Å². The summed E-state index contributed by atoms with van der Waals surface area (Å²) in [6.07, 6.45) is 5.18. The molecule has 31 heavy (non-hydrogen) atoms. The lowest BCUT2D eigenvalue weighted by molar-refractivity contribution is -0.128. The van der Waals surface area contributed by atoms with Crippen LogP contribution in [-0.4, -0.2) is 16.4 Å².